The normalized spacial score (nSPS) is 11.8. The van der Waals surface area contributed by atoms with E-state index in [1.54, 1.807) is 0 Å². The van der Waals surface area contributed by atoms with Gasteiger partial charge in [-0.1, -0.05) is 66.2 Å². The number of hydrogen-bond donors (Lipinski definition) is 0. The average Bonchev–Trinajstić information content (AvgIpc) is 3.24. The van der Waals surface area contributed by atoms with Crippen molar-refractivity contribution >= 4 is 22.5 Å². The molecule has 0 aliphatic rings. The number of fused-ring (bicyclic) bond motifs is 1. The van der Waals surface area contributed by atoms with Crippen LogP contribution in [0, 0.1) is 0 Å². The SMILES string of the molecule is Cn1cc(-c2cc(Cl)cc3c(=O)n(Cc4ccccc4-c4ccccc4)cnc23)c(C(F)(F)F)n1. The first-order chi connectivity index (χ1) is 16.7. The molecule has 3 aromatic carbocycles. The van der Waals surface area contributed by atoms with Crippen LogP contribution in [0.2, 0.25) is 5.02 Å². The average molecular weight is 495 g/mol. The standard InChI is InChI=1S/C26H18ClF3N4O/c1-33-14-22(24(32-33)26(28,29)30)20-11-18(27)12-21-23(20)31-15-34(25(21)35)13-17-9-5-6-10-19(17)16-7-3-2-4-8-16/h2-12,14-15H,13H2,1H3. The summed E-state index contributed by atoms with van der Waals surface area (Å²) in [6.07, 6.45) is -2.08. The summed E-state index contributed by atoms with van der Waals surface area (Å²) in [7, 11) is 1.40. The maximum atomic E-state index is 13.6. The van der Waals surface area contributed by atoms with Crippen LogP contribution >= 0.6 is 11.6 Å². The van der Waals surface area contributed by atoms with Crippen LogP contribution in [0.4, 0.5) is 13.2 Å². The van der Waals surface area contributed by atoms with Crippen LogP contribution in [0.15, 0.2) is 84.0 Å². The molecule has 9 heteroatoms. The molecule has 0 aliphatic heterocycles. The van der Waals surface area contributed by atoms with Gasteiger partial charge in [0.2, 0.25) is 0 Å². The van der Waals surface area contributed by atoms with Crippen molar-refractivity contribution in [2.45, 2.75) is 12.7 Å². The Morgan fingerprint density at radius 1 is 0.943 bits per heavy atom. The number of aromatic nitrogens is 4. The number of aryl methyl sites for hydroxylation is 1. The van der Waals surface area contributed by atoms with Gasteiger partial charge in [-0.25, -0.2) is 4.98 Å². The first-order valence-corrected chi connectivity index (χ1v) is 11.0. The number of rotatable bonds is 4. The number of halogens is 4. The van der Waals surface area contributed by atoms with Crippen molar-refractivity contribution in [2.24, 2.45) is 7.05 Å². The predicted molar refractivity (Wildman–Crippen MR) is 129 cm³/mol. The smallest absolute Gasteiger partial charge is 0.294 e. The summed E-state index contributed by atoms with van der Waals surface area (Å²) < 4.78 is 43.4. The maximum Gasteiger partial charge on any atom is 0.435 e. The van der Waals surface area contributed by atoms with Crippen LogP contribution in [0.5, 0.6) is 0 Å². The molecule has 5 rings (SSSR count). The predicted octanol–water partition coefficient (Wildman–Crippen LogP) is 6.18. The monoisotopic (exact) mass is 494 g/mol. The summed E-state index contributed by atoms with van der Waals surface area (Å²) in [5, 5.41) is 3.83. The van der Waals surface area contributed by atoms with E-state index in [0.29, 0.717) is 0 Å². The van der Waals surface area contributed by atoms with Gasteiger partial charge < -0.3 is 0 Å². The minimum atomic E-state index is -4.68. The number of alkyl halides is 3. The fourth-order valence-electron chi connectivity index (χ4n) is 4.19. The van der Waals surface area contributed by atoms with Gasteiger partial charge >= 0.3 is 6.18 Å². The van der Waals surface area contributed by atoms with Gasteiger partial charge in [-0.3, -0.25) is 14.0 Å². The molecule has 2 aromatic heterocycles. The second-order valence-corrected chi connectivity index (χ2v) is 8.55. The van der Waals surface area contributed by atoms with E-state index in [-0.39, 0.29) is 33.6 Å². The lowest BCUT2D eigenvalue weighted by Gasteiger charge is -2.13. The summed E-state index contributed by atoms with van der Waals surface area (Å²) in [5.74, 6) is 0. The molecule has 35 heavy (non-hydrogen) atoms. The zero-order valence-electron chi connectivity index (χ0n) is 18.4. The molecule has 0 saturated heterocycles. The highest BCUT2D eigenvalue weighted by Crippen LogP contribution is 2.39. The third kappa shape index (κ3) is 4.33. The number of benzene rings is 3. The molecule has 5 aromatic rings. The third-order valence-electron chi connectivity index (χ3n) is 5.72. The molecule has 0 spiro atoms. The lowest BCUT2D eigenvalue weighted by molar-refractivity contribution is -0.140. The molecule has 0 unspecified atom stereocenters. The first-order valence-electron chi connectivity index (χ1n) is 10.7. The molecular formula is C26H18ClF3N4O. The zero-order valence-corrected chi connectivity index (χ0v) is 19.2. The van der Waals surface area contributed by atoms with Crippen LogP contribution in [0.25, 0.3) is 33.2 Å². The molecule has 0 radical (unpaired) electrons. The van der Waals surface area contributed by atoms with Crippen molar-refractivity contribution in [3.63, 3.8) is 0 Å². The van der Waals surface area contributed by atoms with Crippen molar-refractivity contribution in [1.82, 2.24) is 19.3 Å². The van der Waals surface area contributed by atoms with Crippen molar-refractivity contribution in [2.75, 3.05) is 0 Å². The number of nitrogens with zero attached hydrogens (tertiary/aromatic N) is 4. The Hall–Kier alpha value is -3.91. The summed E-state index contributed by atoms with van der Waals surface area (Å²) in [5.41, 5.74) is 1.45. The fourth-order valence-corrected chi connectivity index (χ4v) is 4.41. The highest BCUT2D eigenvalue weighted by atomic mass is 35.5. The highest BCUT2D eigenvalue weighted by molar-refractivity contribution is 6.31. The van der Waals surface area contributed by atoms with E-state index in [9.17, 15) is 18.0 Å². The first kappa shape index (κ1) is 22.9. The fraction of sp³-hybridized carbons (Fsp3) is 0.115. The van der Waals surface area contributed by atoms with Crippen molar-refractivity contribution in [1.29, 1.82) is 0 Å². The Kier molecular flexibility index (Phi) is 5.68. The zero-order chi connectivity index (χ0) is 24.7. The van der Waals surface area contributed by atoms with E-state index >= 15 is 0 Å². The molecule has 0 N–H and O–H groups in total. The summed E-state index contributed by atoms with van der Waals surface area (Å²) in [4.78, 5) is 17.8. The lowest BCUT2D eigenvalue weighted by Crippen LogP contribution is -2.21. The Balaban J connectivity index is 1.65. The van der Waals surface area contributed by atoms with Gasteiger partial charge in [0.15, 0.2) is 5.69 Å². The van der Waals surface area contributed by atoms with E-state index < -0.39 is 17.4 Å². The minimum absolute atomic E-state index is 0.0989. The van der Waals surface area contributed by atoms with E-state index in [1.807, 2.05) is 54.6 Å². The molecule has 0 amide bonds. The van der Waals surface area contributed by atoms with Gasteiger partial charge in [-0.2, -0.15) is 18.3 Å². The van der Waals surface area contributed by atoms with Crippen LogP contribution < -0.4 is 5.56 Å². The summed E-state index contributed by atoms with van der Waals surface area (Å²) >= 11 is 6.25. The van der Waals surface area contributed by atoms with E-state index in [4.69, 9.17) is 11.6 Å². The molecule has 0 fully saturated rings. The van der Waals surface area contributed by atoms with Crippen molar-refractivity contribution in [3.05, 3.63) is 106 Å². The Labute approximate surface area is 203 Å². The summed E-state index contributed by atoms with van der Waals surface area (Å²) in [6, 6.07) is 20.3. The van der Waals surface area contributed by atoms with Crippen LogP contribution in [-0.2, 0) is 19.8 Å². The van der Waals surface area contributed by atoms with Gasteiger partial charge in [0.05, 0.1) is 23.8 Å². The van der Waals surface area contributed by atoms with Gasteiger partial charge in [0.25, 0.3) is 5.56 Å². The quantitative estimate of drug-likeness (QED) is 0.299. The second kappa shape index (κ2) is 8.70. The molecule has 0 bridgehead atoms. The van der Waals surface area contributed by atoms with Crippen molar-refractivity contribution in [3.8, 4) is 22.3 Å². The van der Waals surface area contributed by atoms with Crippen molar-refractivity contribution < 1.29 is 13.2 Å². The maximum absolute atomic E-state index is 13.6. The highest BCUT2D eigenvalue weighted by Gasteiger charge is 2.38. The molecule has 176 valence electrons. The van der Waals surface area contributed by atoms with Crippen LogP contribution in [0.1, 0.15) is 11.3 Å². The lowest BCUT2D eigenvalue weighted by atomic mass is 9.99. The van der Waals surface area contributed by atoms with Crippen LogP contribution in [0.3, 0.4) is 0 Å². The second-order valence-electron chi connectivity index (χ2n) is 8.11. The topological polar surface area (TPSA) is 52.7 Å². The van der Waals surface area contributed by atoms with Gasteiger partial charge in [-0.05, 0) is 28.8 Å². The summed E-state index contributed by atoms with van der Waals surface area (Å²) in [6.45, 7) is 0.232. The van der Waals surface area contributed by atoms with Gasteiger partial charge in [-0.15, -0.1) is 0 Å². The number of hydrogen-bond acceptors (Lipinski definition) is 3. The Morgan fingerprint density at radius 3 is 2.40 bits per heavy atom. The molecule has 0 atom stereocenters. The Morgan fingerprint density at radius 2 is 1.66 bits per heavy atom. The molecule has 5 nitrogen and oxygen atoms in total. The van der Waals surface area contributed by atoms with E-state index in [2.05, 4.69) is 10.1 Å². The van der Waals surface area contributed by atoms with E-state index in [1.165, 1.54) is 36.3 Å². The van der Waals surface area contributed by atoms with Crippen LogP contribution in [-0.4, -0.2) is 19.3 Å². The van der Waals surface area contributed by atoms with Gasteiger partial charge in [0, 0.05) is 29.4 Å². The Bertz CT molecular complexity index is 1610. The molecule has 2 heterocycles. The van der Waals surface area contributed by atoms with Gasteiger partial charge in [0.1, 0.15) is 0 Å². The molecular weight excluding hydrogens is 477 g/mol. The minimum Gasteiger partial charge on any atom is -0.294 e. The molecule has 0 aliphatic carbocycles. The molecule has 0 saturated carbocycles. The van der Waals surface area contributed by atoms with E-state index in [0.717, 1.165) is 21.4 Å². The third-order valence-corrected chi connectivity index (χ3v) is 5.94. The largest absolute Gasteiger partial charge is 0.435 e.